The van der Waals surface area contributed by atoms with Gasteiger partial charge in [-0.25, -0.2) is 8.42 Å². The molecule has 2 aromatic carbocycles. The molecule has 1 heterocycles. The summed E-state index contributed by atoms with van der Waals surface area (Å²) in [5.74, 6) is 0. The fourth-order valence-electron chi connectivity index (χ4n) is 3.57. The van der Waals surface area contributed by atoms with Crippen LogP contribution in [0.2, 0.25) is 0 Å². The Hall–Kier alpha value is -2.36. The highest BCUT2D eigenvalue weighted by Gasteiger charge is 2.30. The van der Waals surface area contributed by atoms with Gasteiger partial charge in [0.25, 0.3) is 10.0 Å². The largest absolute Gasteiger partial charge is 0.265 e. The van der Waals surface area contributed by atoms with Gasteiger partial charge in [0.05, 0.1) is 10.5 Å². The molecule has 0 saturated carbocycles. The van der Waals surface area contributed by atoms with Gasteiger partial charge < -0.3 is 0 Å². The summed E-state index contributed by atoms with van der Waals surface area (Å²) in [6, 6.07) is 15.0. The standard InChI is InChI=1S/C20H18N2O2S2/c1-22(20-17(13-21)16-10-4-5-11-18(16)25-20)26(23,24)19-12-6-8-14-7-2-3-9-15(14)19/h2-3,6-9,12H,4-5,10-11H2,1H3. The Kier molecular flexibility index (Phi) is 4.22. The summed E-state index contributed by atoms with van der Waals surface area (Å²) in [7, 11) is -2.21. The van der Waals surface area contributed by atoms with E-state index in [2.05, 4.69) is 6.07 Å². The third kappa shape index (κ3) is 2.59. The molecule has 0 aliphatic heterocycles. The van der Waals surface area contributed by atoms with E-state index in [0.29, 0.717) is 16.0 Å². The molecule has 0 radical (unpaired) electrons. The van der Waals surface area contributed by atoms with Crippen molar-refractivity contribution in [2.24, 2.45) is 0 Å². The van der Waals surface area contributed by atoms with Gasteiger partial charge in [0.1, 0.15) is 11.1 Å². The first-order valence-electron chi connectivity index (χ1n) is 8.55. The molecule has 0 unspecified atom stereocenters. The van der Waals surface area contributed by atoms with E-state index in [9.17, 15) is 13.7 Å². The zero-order valence-electron chi connectivity index (χ0n) is 14.4. The Bertz CT molecular complexity index is 1140. The summed E-state index contributed by atoms with van der Waals surface area (Å²) >= 11 is 1.45. The number of hydrogen-bond donors (Lipinski definition) is 0. The van der Waals surface area contributed by atoms with Gasteiger partial charge in [-0.15, -0.1) is 11.3 Å². The van der Waals surface area contributed by atoms with E-state index in [1.807, 2.05) is 30.3 Å². The second-order valence-electron chi connectivity index (χ2n) is 6.45. The zero-order valence-corrected chi connectivity index (χ0v) is 16.0. The van der Waals surface area contributed by atoms with Crippen LogP contribution in [0.4, 0.5) is 5.00 Å². The van der Waals surface area contributed by atoms with Crippen molar-refractivity contribution in [3.63, 3.8) is 0 Å². The third-order valence-electron chi connectivity index (χ3n) is 4.94. The molecular weight excluding hydrogens is 364 g/mol. The molecule has 4 nitrogen and oxygen atoms in total. The van der Waals surface area contributed by atoms with Gasteiger partial charge in [-0.3, -0.25) is 4.31 Å². The van der Waals surface area contributed by atoms with Gasteiger partial charge in [0.15, 0.2) is 0 Å². The molecule has 0 bridgehead atoms. The second-order valence-corrected chi connectivity index (χ2v) is 9.47. The molecule has 132 valence electrons. The smallest absolute Gasteiger partial charge is 0.259 e. The molecule has 3 aromatic rings. The maximum atomic E-state index is 13.4. The average molecular weight is 383 g/mol. The highest BCUT2D eigenvalue weighted by molar-refractivity contribution is 7.93. The molecule has 0 atom stereocenters. The Morgan fingerprint density at radius 2 is 1.81 bits per heavy atom. The first-order chi connectivity index (χ1) is 12.5. The Balaban J connectivity index is 1.87. The lowest BCUT2D eigenvalue weighted by molar-refractivity contribution is 0.595. The van der Waals surface area contributed by atoms with Crippen LogP contribution in [0.25, 0.3) is 10.8 Å². The number of anilines is 1. The van der Waals surface area contributed by atoms with Crippen molar-refractivity contribution >= 4 is 37.1 Å². The van der Waals surface area contributed by atoms with Crippen LogP contribution >= 0.6 is 11.3 Å². The summed E-state index contributed by atoms with van der Waals surface area (Å²) in [5.41, 5.74) is 1.56. The molecule has 0 fully saturated rings. The molecule has 4 rings (SSSR count). The fourth-order valence-corrected chi connectivity index (χ4v) is 6.50. The Labute approximate surface area is 157 Å². The molecular formula is C20H18N2O2S2. The number of fused-ring (bicyclic) bond motifs is 2. The van der Waals surface area contributed by atoms with Crippen LogP contribution in [0, 0.1) is 11.3 Å². The van der Waals surface area contributed by atoms with E-state index >= 15 is 0 Å². The van der Waals surface area contributed by atoms with Crippen molar-refractivity contribution in [3.05, 3.63) is 58.5 Å². The van der Waals surface area contributed by atoms with Crippen molar-refractivity contribution in [2.75, 3.05) is 11.4 Å². The van der Waals surface area contributed by atoms with E-state index in [4.69, 9.17) is 0 Å². The van der Waals surface area contributed by atoms with Gasteiger partial charge in [-0.2, -0.15) is 5.26 Å². The molecule has 0 amide bonds. The lowest BCUT2D eigenvalue weighted by Gasteiger charge is -2.19. The Morgan fingerprint density at radius 1 is 1.08 bits per heavy atom. The van der Waals surface area contributed by atoms with Gasteiger partial charge in [-0.1, -0.05) is 36.4 Å². The average Bonchev–Trinajstić information content (AvgIpc) is 3.05. The molecule has 0 N–H and O–H groups in total. The van der Waals surface area contributed by atoms with Crippen LogP contribution in [0.5, 0.6) is 0 Å². The molecule has 1 aliphatic rings. The minimum atomic E-state index is -3.76. The van der Waals surface area contributed by atoms with E-state index in [-0.39, 0.29) is 4.90 Å². The Morgan fingerprint density at radius 3 is 2.62 bits per heavy atom. The predicted octanol–water partition coefficient (Wildman–Crippen LogP) is 4.48. The minimum Gasteiger partial charge on any atom is -0.259 e. The van der Waals surface area contributed by atoms with Crippen LogP contribution in [0.15, 0.2) is 47.4 Å². The van der Waals surface area contributed by atoms with Gasteiger partial charge in [0.2, 0.25) is 0 Å². The molecule has 26 heavy (non-hydrogen) atoms. The molecule has 6 heteroatoms. The minimum absolute atomic E-state index is 0.272. The number of aryl methyl sites for hydroxylation is 1. The van der Waals surface area contributed by atoms with Crippen molar-refractivity contribution in [2.45, 2.75) is 30.6 Å². The molecule has 0 saturated heterocycles. The topological polar surface area (TPSA) is 61.2 Å². The number of hydrogen-bond acceptors (Lipinski definition) is 4. The van der Waals surface area contributed by atoms with Crippen molar-refractivity contribution < 1.29 is 8.42 Å². The van der Waals surface area contributed by atoms with Crippen LogP contribution in [-0.4, -0.2) is 15.5 Å². The number of rotatable bonds is 3. The summed E-state index contributed by atoms with van der Waals surface area (Å²) < 4.78 is 28.0. The summed E-state index contributed by atoms with van der Waals surface area (Å²) in [5, 5.41) is 11.8. The molecule has 1 aliphatic carbocycles. The molecule has 0 spiro atoms. The lowest BCUT2D eigenvalue weighted by Crippen LogP contribution is -2.26. The van der Waals surface area contributed by atoms with Gasteiger partial charge in [-0.05, 0) is 42.7 Å². The van der Waals surface area contributed by atoms with Crippen molar-refractivity contribution in [1.29, 1.82) is 5.26 Å². The van der Waals surface area contributed by atoms with Crippen molar-refractivity contribution in [1.82, 2.24) is 0 Å². The van der Waals surface area contributed by atoms with Crippen LogP contribution < -0.4 is 4.31 Å². The maximum absolute atomic E-state index is 13.4. The quantitative estimate of drug-likeness (QED) is 0.671. The lowest BCUT2D eigenvalue weighted by atomic mass is 9.96. The highest BCUT2D eigenvalue weighted by atomic mass is 32.2. The van der Waals surface area contributed by atoms with E-state index in [1.165, 1.54) is 15.6 Å². The number of thiophene rings is 1. The van der Waals surface area contributed by atoms with E-state index in [0.717, 1.165) is 41.5 Å². The number of nitrogens with zero attached hydrogens (tertiary/aromatic N) is 2. The summed E-state index contributed by atoms with van der Waals surface area (Å²) in [6.45, 7) is 0. The van der Waals surface area contributed by atoms with Gasteiger partial charge >= 0.3 is 0 Å². The first-order valence-corrected chi connectivity index (χ1v) is 10.8. The predicted molar refractivity (Wildman–Crippen MR) is 105 cm³/mol. The SMILES string of the molecule is CN(c1sc2c(c1C#N)CCCC2)S(=O)(=O)c1cccc2ccccc12. The number of nitriles is 1. The third-order valence-corrected chi connectivity index (χ3v) is 8.24. The summed E-state index contributed by atoms with van der Waals surface area (Å²) in [6.07, 6.45) is 3.93. The second kappa shape index (κ2) is 6.42. The summed E-state index contributed by atoms with van der Waals surface area (Å²) in [4.78, 5) is 1.43. The molecule has 1 aromatic heterocycles. The normalized spacial score (nSPS) is 14.0. The van der Waals surface area contributed by atoms with Crippen LogP contribution in [-0.2, 0) is 22.9 Å². The monoisotopic (exact) mass is 382 g/mol. The highest BCUT2D eigenvalue weighted by Crippen LogP contribution is 2.41. The van der Waals surface area contributed by atoms with Crippen LogP contribution in [0.3, 0.4) is 0 Å². The fraction of sp³-hybridized carbons (Fsp3) is 0.250. The first kappa shape index (κ1) is 17.1. The van der Waals surface area contributed by atoms with Crippen molar-refractivity contribution in [3.8, 4) is 6.07 Å². The maximum Gasteiger partial charge on any atom is 0.265 e. The number of benzene rings is 2. The van der Waals surface area contributed by atoms with E-state index in [1.54, 1.807) is 19.2 Å². The van der Waals surface area contributed by atoms with Gasteiger partial charge in [0, 0.05) is 17.3 Å². The number of sulfonamides is 1. The van der Waals surface area contributed by atoms with Crippen LogP contribution in [0.1, 0.15) is 28.8 Å². The van der Waals surface area contributed by atoms with E-state index < -0.39 is 10.0 Å². The zero-order chi connectivity index (χ0) is 18.3.